The molecule has 1 atom stereocenters. The number of carbonyl (C=O) groups is 2. The molecule has 23 heavy (non-hydrogen) atoms. The second kappa shape index (κ2) is 7.85. The summed E-state index contributed by atoms with van der Waals surface area (Å²) in [6.07, 6.45) is -4.18. The van der Waals surface area contributed by atoms with Crippen LogP contribution in [0.2, 0.25) is 0 Å². The molecule has 8 heteroatoms. The number of amides is 1. The normalized spacial score (nSPS) is 12.8. The maximum atomic E-state index is 12.4. The minimum atomic E-state index is -4.44. The van der Waals surface area contributed by atoms with E-state index in [1.807, 2.05) is 13.8 Å². The number of carboxylic acid groups (broad SMARTS) is 1. The van der Waals surface area contributed by atoms with Crippen molar-refractivity contribution in [3.63, 3.8) is 0 Å². The van der Waals surface area contributed by atoms with Gasteiger partial charge in [0.05, 0.1) is 5.56 Å². The SMILES string of the molecule is CC(C)C[C@H](NC(=O)COc1ccc(C(F)(F)F)cc1)C(=O)O. The van der Waals surface area contributed by atoms with E-state index in [0.29, 0.717) is 0 Å². The smallest absolute Gasteiger partial charge is 0.416 e. The number of halogens is 3. The number of rotatable bonds is 7. The number of benzene rings is 1. The molecule has 1 aromatic carbocycles. The van der Waals surface area contributed by atoms with Gasteiger partial charge in [0.25, 0.3) is 5.91 Å². The topological polar surface area (TPSA) is 75.6 Å². The van der Waals surface area contributed by atoms with Crippen LogP contribution in [0.3, 0.4) is 0 Å². The van der Waals surface area contributed by atoms with Crippen molar-refractivity contribution in [3.8, 4) is 5.75 Å². The van der Waals surface area contributed by atoms with Gasteiger partial charge in [-0.3, -0.25) is 4.79 Å². The summed E-state index contributed by atoms with van der Waals surface area (Å²) in [6.45, 7) is 3.16. The summed E-state index contributed by atoms with van der Waals surface area (Å²) < 4.78 is 42.2. The predicted molar refractivity (Wildman–Crippen MR) is 76.0 cm³/mol. The van der Waals surface area contributed by atoms with E-state index in [1.54, 1.807) is 0 Å². The highest BCUT2D eigenvalue weighted by molar-refractivity contribution is 5.84. The lowest BCUT2D eigenvalue weighted by atomic mass is 10.0. The Morgan fingerprint density at radius 1 is 1.22 bits per heavy atom. The van der Waals surface area contributed by atoms with E-state index >= 15 is 0 Å². The number of carbonyl (C=O) groups excluding carboxylic acids is 1. The summed E-state index contributed by atoms with van der Waals surface area (Å²) in [5.41, 5.74) is -0.822. The average molecular weight is 333 g/mol. The fraction of sp³-hybridized carbons (Fsp3) is 0.467. The first-order valence-corrected chi connectivity index (χ1v) is 6.92. The Morgan fingerprint density at radius 2 is 1.78 bits per heavy atom. The molecule has 0 spiro atoms. The third kappa shape index (κ3) is 6.58. The molecular weight excluding hydrogens is 315 g/mol. The summed E-state index contributed by atoms with van der Waals surface area (Å²) in [4.78, 5) is 22.7. The van der Waals surface area contributed by atoms with Crippen LogP contribution in [-0.4, -0.2) is 29.6 Å². The highest BCUT2D eigenvalue weighted by atomic mass is 19.4. The van der Waals surface area contributed by atoms with Crippen molar-refractivity contribution in [2.24, 2.45) is 5.92 Å². The lowest BCUT2D eigenvalue weighted by Crippen LogP contribution is -2.43. The molecule has 0 heterocycles. The van der Waals surface area contributed by atoms with Crippen molar-refractivity contribution in [2.75, 3.05) is 6.61 Å². The quantitative estimate of drug-likeness (QED) is 0.804. The number of hydrogen-bond donors (Lipinski definition) is 2. The van der Waals surface area contributed by atoms with Gasteiger partial charge in [0.1, 0.15) is 11.8 Å². The number of alkyl halides is 3. The standard InChI is InChI=1S/C15H18F3NO4/c1-9(2)7-12(14(21)22)19-13(20)8-23-11-5-3-10(4-6-11)15(16,17)18/h3-6,9,12H,7-8H2,1-2H3,(H,19,20)(H,21,22)/t12-/m0/s1. The molecular formula is C15H18F3NO4. The van der Waals surface area contributed by atoms with Crippen molar-refractivity contribution >= 4 is 11.9 Å². The van der Waals surface area contributed by atoms with Gasteiger partial charge in [0.2, 0.25) is 0 Å². The highest BCUT2D eigenvalue weighted by Gasteiger charge is 2.30. The van der Waals surface area contributed by atoms with E-state index in [0.717, 1.165) is 24.3 Å². The number of nitrogens with one attached hydrogen (secondary N) is 1. The Bertz CT molecular complexity index is 541. The van der Waals surface area contributed by atoms with Gasteiger partial charge >= 0.3 is 12.1 Å². The van der Waals surface area contributed by atoms with E-state index in [2.05, 4.69) is 5.32 Å². The van der Waals surface area contributed by atoms with Crippen molar-refractivity contribution in [2.45, 2.75) is 32.5 Å². The summed E-state index contributed by atoms with van der Waals surface area (Å²) in [6, 6.07) is 2.84. The summed E-state index contributed by atoms with van der Waals surface area (Å²) >= 11 is 0. The average Bonchev–Trinajstić information content (AvgIpc) is 2.43. The summed E-state index contributed by atoms with van der Waals surface area (Å²) in [7, 11) is 0. The highest BCUT2D eigenvalue weighted by Crippen LogP contribution is 2.30. The first-order chi connectivity index (χ1) is 10.6. The zero-order valence-electron chi connectivity index (χ0n) is 12.7. The minimum Gasteiger partial charge on any atom is -0.484 e. The van der Waals surface area contributed by atoms with Crippen LogP contribution in [0.5, 0.6) is 5.75 Å². The van der Waals surface area contributed by atoms with Crippen LogP contribution < -0.4 is 10.1 Å². The van der Waals surface area contributed by atoms with Crippen LogP contribution in [0.4, 0.5) is 13.2 Å². The largest absolute Gasteiger partial charge is 0.484 e. The van der Waals surface area contributed by atoms with E-state index < -0.39 is 36.3 Å². The molecule has 0 aromatic heterocycles. The van der Waals surface area contributed by atoms with E-state index in [1.165, 1.54) is 0 Å². The lowest BCUT2D eigenvalue weighted by Gasteiger charge is -2.16. The van der Waals surface area contributed by atoms with Gasteiger partial charge in [-0.25, -0.2) is 4.79 Å². The number of hydrogen-bond acceptors (Lipinski definition) is 3. The molecule has 1 amide bonds. The molecule has 0 bridgehead atoms. The number of aliphatic carboxylic acids is 1. The Hall–Kier alpha value is -2.25. The van der Waals surface area contributed by atoms with E-state index in [4.69, 9.17) is 9.84 Å². The monoisotopic (exact) mass is 333 g/mol. The molecule has 0 aliphatic rings. The van der Waals surface area contributed by atoms with Crippen LogP contribution >= 0.6 is 0 Å². The van der Waals surface area contributed by atoms with E-state index in [-0.39, 0.29) is 18.1 Å². The van der Waals surface area contributed by atoms with Gasteiger partial charge in [0, 0.05) is 0 Å². The zero-order valence-corrected chi connectivity index (χ0v) is 12.7. The third-order valence-electron chi connectivity index (χ3n) is 2.89. The fourth-order valence-electron chi connectivity index (χ4n) is 1.82. The molecule has 0 fully saturated rings. The maximum absolute atomic E-state index is 12.4. The minimum absolute atomic E-state index is 0.0761. The molecule has 0 saturated heterocycles. The van der Waals surface area contributed by atoms with Gasteiger partial charge in [-0.05, 0) is 36.6 Å². The van der Waals surface area contributed by atoms with E-state index in [9.17, 15) is 22.8 Å². The van der Waals surface area contributed by atoms with Gasteiger partial charge in [0.15, 0.2) is 6.61 Å². The molecule has 1 aromatic rings. The van der Waals surface area contributed by atoms with Crippen molar-refractivity contribution in [1.82, 2.24) is 5.32 Å². The molecule has 0 unspecified atom stereocenters. The molecule has 128 valence electrons. The predicted octanol–water partition coefficient (Wildman–Crippen LogP) is 2.70. The Labute approximate surface area is 131 Å². The molecule has 2 N–H and O–H groups in total. The van der Waals surface area contributed by atoms with Crippen LogP contribution in [0.1, 0.15) is 25.8 Å². The maximum Gasteiger partial charge on any atom is 0.416 e. The molecule has 0 saturated carbocycles. The second-order valence-corrected chi connectivity index (χ2v) is 5.40. The number of carboxylic acids is 1. The molecule has 0 aliphatic heterocycles. The number of ether oxygens (including phenoxy) is 1. The van der Waals surface area contributed by atoms with Crippen molar-refractivity contribution in [3.05, 3.63) is 29.8 Å². The summed E-state index contributed by atoms with van der Waals surface area (Å²) in [5, 5.41) is 11.3. The van der Waals surface area contributed by atoms with Gasteiger partial charge < -0.3 is 15.2 Å². The van der Waals surface area contributed by atoms with Crippen LogP contribution in [0.25, 0.3) is 0 Å². The Balaban J connectivity index is 2.54. The van der Waals surface area contributed by atoms with Crippen LogP contribution in [0, 0.1) is 5.92 Å². The molecule has 5 nitrogen and oxygen atoms in total. The molecule has 0 radical (unpaired) electrons. The first kappa shape index (κ1) is 18.8. The zero-order chi connectivity index (χ0) is 17.6. The molecule has 0 aliphatic carbocycles. The van der Waals surface area contributed by atoms with Gasteiger partial charge in [-0.1, -0.05) is 13.8 Å². The summed E-state index contributed by atoms with van der Waals surface area (Å²) in [5.74, 6) is -1.64. The van der Waals surface area contributed by atoms with Crippen molar-refractivity contribution in [1.29, 1.82) is 0 Å². The van der Waals surface area contributed by atoms with Crippen LogP contribution in [0.15, 0.2) is 24.3 Å². The molecule has 1 rings (SSSR count). The van der Waals surface area contributed by atoms with Gasteiger partial charge in [-0.15, -0.1) is 0 Å². The third-order valence-corrected chi connectivity index (χ3v) is 2.89. The Morgan fingerprint density at radius 3 is 2.22 bits per heavy atom. The fourth-order valence-corrected chi connectivity index (χ4v) is 1.82. The van der Waals surface area contributed by atoms with Crippen LogP contribution in [-0.2, 0) is 15.8 Å². The Kier molecular flexibility index (Phi) is 6.41. The lowest BCUT2D eigenvalue weighted by molar-refractivity contribution is -0.142. The van der Waals surface area contributed by atoms with Crippen molar-refractivity contribution < 1.29 is 32.6 Å². The van der Waals surface area contributed by atoms with Gasteiger partial charge in [-0.2, -0.15) is 13.2 Å². The second-order valence-electron chi connectivity index (χ2n) is 5.40. The first-order valence-electron chi connectivity index (χ1n) is 6.92.